The van der Waals surface area contributed by atoms with Gasteiger partial charge in [-0.15, -0.1) is 0 Å². The van der Waals surface area contributed by atoms with Crippen molar-refractivity contribution in [2.45, 2.75) is 12.8 Å². The average molecular weight is 127 g/mol. The molecular weight excluding hydrogens is 119 g/mol. The predicted octanol–water partition coefficient (Wildman–Crippen LogP) is 1.78. The first-order chi connectivity index (χ1) is 3.00. The minimum Gasteiger partial charge on any atom is -0.0942 e. The summed E-state index contributed by atoms with van der Waals surface area (Å²) < 4.78 is 0. The molecule has 0 spiro atoms. The van der Waals surface area contributed by atoms with Gasteiger partial charge in [0.2, 0.25) is 0 Å². The van der Waals surface area contributed by atoms with Gasteiger partial charge in [-0.2, -0.15) is 0 Å². The molecule has 3 heteroatoms. The molecular formula is C4H8LiS2. The van der Waals surface area contributed by atoms with Crippen molar-refractivity contribution in [3.05, 3.63) is 0 Å². The maximum Gasteiger partial charge on any atom is 0.00372 e. The second-order valence-corrected chi connectivity index (χ2v) is 4.05. The molecule has 0 N–H and O–H groups in total. The van der Waals surface area contributed by atoms with Gasteiger partial charge in [-0.25, -0.2) is 0 Å². The monoisotopic (exact) mass is 127 g/mol. The summed E-state index contributed by atoms with van der Waals surface area (Å²) in [5, 5.41) is 0. The fourth-order valence-corrected chi connectivity index (χ4v) is 2.73. The van der Waals surface area contributed by atoms with Crippen LogP contribution in [0.1, 0.15) is 12.8 Å². The molecule has 0 bridgehead atoms. The molecule has 7 heavy (non-hydrogen) atoms. The molecule has 0 aliphatic carbocycles. The Balaban J connectivity index is 0.000000360. The van der Waals surface area contributed by atoms with Gasteiger partial charge in [-0.3, -0.25) is 0 Å². The molecule has 1 heterocycles. The van der Waals surface area contributed by atoms with Crippen molar-refractivity contribution in [2.24, 2.45) is 0 Å². The first-order valence-corrected chi connectivity index (χ1v) is 4.73. The minimum absolute atomic E-state index is 0. The van der Waals surface area contributed by atoms with Crippen molar-refractivity contribution in [1.29, 1.82) is 0 Å². The van der Waals surface area contributed by atoms with Gasteiger partial charge in [-0.05, 0) is 12.8 Å². The van der Waals surface area contributed by atoms with Gasteiger partial charge in [-0.1, -0.05) is 21.6 Å². The van der Waals surface area contributed by atoms with Gasteiger partial charge >= 0.3 is 0 Å². The first-order valence-electron chi connectivity index (χ1n) is 2.24. The molecule has 1 saturated heterocycles. The van der Waals surface area contributed by atoms with E-state index in [1.54, 1.807) is 0 Å². The van der Waals surface area contributed by atoms with Crippen molar-refractivity contribution >= 4 is 40.4 Å². The molecule has 0 atom stereocenters. The third kappa shape index (κ3) is 3.85. The van der Waals surface area contributed by atoms with E-state index < -0.39 is 0 Å². The van der Waals surface area contributed by atoms with E-state index in [1.807, 2.05) is 21.6 Å². The second-order valence-electron chi connectivity index (χ2n) is 1.35. The van der Waals surface area contributed by atoms with Crippen molar-refractivity contribution in [3.63, 3.8) is 0 Å². The maximum atomic E-state index is 2.01. The van der Waals surface area contributed by atoms with Crippen molar-refractivity contribution in [1.82, 2.24) is 0 Å². The van der Waals surface area contributed by atoms with Gasteiger partial charge in [0.25, 0.3) is 0 Å². The van der Waals surface area contributed by atoms with Crippen molar-refractivity contribution in [3.8, 4) is 0 Å². The van der Waals surface area contributed by atoms with Crippen LogP contribution in [-0.4, -0.2) is 30.4 Å². The van der Waals surface area contributed by atoms with Crippen LogP contribution in [0, 0.1) is 0 Å². The Morgan fingerprint density at radius 2 is 1.29 bits per heavy atom. The van der Waals surface area contributed by atoms with Crippen molar-refractivity contribution in [2.75, 3.05) is 11.5 Å². The van der Waals surface area contributed by atoms with E-state index in [1.165, 1.54) is 24.3 Å². The number of rotatable bonds is 0. The SMILES string of the molecule is C1CCSSC1.[Li]. The summed E-state index contributed by atoms with van der Waals surface area (Å²) in [5.74, 6) is 2.76. The molecule has 0 saturated carbocycles. The van der Waals surface area contributed by atoms with Crippen LogP contribution in [0.25, 0.3) is 0 Å². The quantitative estimate of drug-likeness (QED) is 0.359. The zero-order valence-corrected chi connectivity index (χ0v) is 6.28. The van der Waals surface area contributed by atoms with Crippen LogP contribution in [0.15, 0.2) is 0 Å². The Labute approximate surface area is 64.8 Å². The van der Waals surface area contributed by atoms with Crippen LogP contribution in [0.3, 0.4) is 0 Å². The normalized spacial score (nSPS) is 20.6. The average Bonchev–Trinajstić information content (AvgIpc) is 1.72. The van der Waals surface area contributed by atoms with Crippen molar-refractivity contribution < 1.29 is 0 Å². The third-order valence-electron chi connectivity index (χ3n) is 0.789. The van der Waals surface area contributed by atoms with E-state index in [0.29, 0.717) is 0 Å². The zero-order chi connectivity index (χ0) is 4.24. The largest absolute Gasteiger partial charge is 0.0942 e. The van der Waals surface area contributed by atoms with Crippen LogP contribution >= 0.6 is 21.6 Å². The Hall–Kier alpha value is 1.30. The molecule has 37 valence electrons. The van der Waals surface area contributed by atoms with Gasteiger partial charge in [0.1, 0.15) is 0 Å². The van der Waals surface area contributed by atoms with Crippen LogP contribution in [0.4, 0.5) is 0 Å². The van der Waals surface area contributed by atoms with Gasteiger partial charge in [0, 0.05) is 30.4 Å². The number of hydrogen-bond donors (Lipinski definition) is 0. The van der Waals surface area contributed by atoms with Gasteiger partial charge in [0.15, 0.2) is 0 Å². The van der Waals surface area contributed by atoms with Crippen LogP contribution < -0.4 is 0 Å². The van der Waals surface area contributed by atoms with E-state index in [9.17, 15) is 0 Å². The zero-order valence-electron chi connectivity index (χ0n) is 4.64. The Morgan fingerprint density at radius 1 is 0.857 bits per heavy atom. The standard InChI is InChI=1S/C4H8S2.Li/c1-2-4-6-5-3-1;/h1-4H2;. The van der Waals surface area contributed by atoms with Crippen LogP contribution in [-0.2, 0) is 0 Å². The maximum absolute atomic E-state index is 2.01. The molecule has 1 radical (unpaired) electrons. The van der Waals surface area contributed by atoms with E-state index >= 15 is 0 Å². The Kier molecular flexibility index (Phi) is 6.44. The molecule has 0 aromatic rings. The van der Waals surface area contributed by atoms with E-state index in [0.717, 1.165) is 0 Å². The fourth-order valence-electron chi connectivity index (χ4n) is 0.440. The Morgan fingerprint density at radius 3 is 1.43 bits per heavy atom. The smallest absolute Gasteiger partial charge is 0.00372 e. The van der Waals surface area contributed by atoms with E-state index in [4.69, 9.17) is 0 Å². The third-order valence-corrected chi connectivity index (χ3v) is 3.37. The molecule has 1 fully saturated rings. The van der Waals surface area contributed by atoms with E-state index in [-0.39, 0.29) is 18.9 Å². The molecule has 0 aromatic heterocycles. The van der Waals surface area contributed by atoms with E-state index in [2.05, 4.69) is 0 Å². The Bertz CT molecular complexity index is 25.2. The second kappa shape index (κ2) is 5.43. The molecule has 1 aliphatic rings. The summed E-state index contributed by atoms with van der Waals surface area (Å²) >= 11 is 0. The molecule has 1 aliphatic heterocycles. The molecule has 0 amide bonds. The summed E-state index contributed by atoms with van der Waals surface area (Å²) in [6, 6.07) is 0. The molecule has 0 nitrogen and oxygen atoms in total. The summed E-state index contributed by atoms with van der Waals surface area (Å²) in [4.78, 5) is 0. The summed E-state index contributed by atoms with van der Waals surface area (Å²) in [5.41, 5.74) is 0. The molecule has 1 rings (SSSR count). The molecule has 0 unspecified atom stereocenters. The van der Waals surface area contributed by atoms with Crippen LogP contribution in [0.2, 0.25) is 0 Å². The topological polar surface area (TPSA) is 0 Å². The fraction of sp³-hybridized carbons (Fsp3) is 1.00. The predicted molar refractivity (Wildman–Crippen MR) is 39.9 cm³/mol. The first kappa shape index (κ1) is 8.30. The molecule has 0 aromatic carbocycles. The number of hydrogen-bond acceptors (Lipinski definition) is 2. The van der Waals surface area contributed by atoms with Gasteiger partial charge < -0.3 is 0 Å². The minimum atomic E-state index is 0. The van der Waals surface area contributed by atoms with Gasteiger partial charge in [0.05, 0.1) is 0 Å². The summed E-state index contributed by atoms with van der Waals surface area (Å²) in [6.45, 7) is 0. The van der Waals surface area contributed by atoms with Crippen LogP contribution in [0.5, 0.6) is 0 Å². The summed E-state index contributed by atoms with van der Waals surface area (Å²) in [7, 11) is 4.02. The summed E-state index contributed by atoms with van der Waals surface area (Å²) in [6.07, 6.45) is 2.88.